The molecule has 3 aromatic rings. The number of thiazole rings is 1. The lowest BCUT2D eigenvalue weighted by Gasteiger charge is -2.06. The van der Waals surface area contributed by atoms with Gasteiger partial charge in [0.15, 0.2) is 0 Å². The fraction of sp³-hybridized carbons (Fsp3) is 0.320. The highest BCUT2D eigenvalue weighted by Gasteiger charge is 2.01. The number of nitrogens with zero attached hydrogens (tertiary/aromatic N) is 1. The van der Waals surface area contributed by atoms with Crippen molar-refractivity contribution < 1.29 is 4.74 Å². The van der Waals surface area contributed by atoms with E-state index in [1.165, 1.54) is 32.1 Å². The van der Waals surface area contributed by atoms with Crippen LogP contribution in [0.5, 0.6) is 5.75 Å². The van der Waals surface area contributed by atoms with E-state index in [1.54, 1.807) is 11.3 Å². The number of hydrogen-bond acceptors (Lipinski definition) is 3. The molecular weight excluding hydrogens is 362 g/mol. The van der Waals surface area contributed by atoms with Crippen molar-refractivity contribution in [3.8, 4) is 17.0 Å². The molecule has 3 heteroatoms. The molecule has 0 bridgehead atoms. The summed E-state index contributed by atoms with van der Waals surface area (Å²) in [5.41, 5.74) is 3.34. The molecule has 3 rings (SSSR count). The molecule has 0 unspecified atom stereocenters. The highest BCUT2D eigenvalue weighted by Crippen LogP contribution is 2.23. The van der Waals surface area contributed by atoms with Gasteiger partial charge in [0, 0.05) is 10.9 Å². The van der Waals surface area contributed by atoms with Crippen molar-refractivity contribution in [1.82, 2.24) is 4.98 Å². The third-order valence-corrected chi connectivity index (χ3v) is 5.47. The normalized spacial score (nSPS) is 11.2. The van der Waals surface area contributed by atoms with E-state index in [2.05, 4.69) is 48.7 Å². The van der Waals surface area contributed by atoms with Gasteiger partial charge in [0.2, 0.25) is 0 Å². The van der Waals surface area contributed by atoms with Crippen molar-refractivity contribution in [3.63, 3.8) is 0 Å². The Labute approximate surface area is 172 Å². The van der Waals surface area contributed by atoms with Gasteiger partial charge in [-0.3, -0.25) is 0 Å². The van der Waals surface area contributed by atoms with Crippen molar-refractivity contribution in [2.24, 2.45) is 0 Å². The van der Waals surface area contributed by atoms with E-state index >= 15 is 0 Å². The van der Waals surface area contributed by atoms with E-state index in [0.29, 0.717) is 0 Å². The van der Waals surface area contributed by atoms with Crippen LogP contribution < -0.4 is 4.74 Å². The van der Waals surface area contributed by atoms with Crippen LogP contribution in [-0.2, 0) is 0 Å². The lowest BCUT2D eigenvalue weighted by atomic mass is 10.1. The lowest BCUT2D eigenvalue weighted by molar-refractivity contribution is 0.304. The van der Waals surface area contributed by atoms with Gasteiger partial charge in [0.1, 0.15) is 10.8 Å². The van der Waals surface area contributed by atoms with Gasteiger partial charge in [-0.1, -0.05) is 87.6 Å². The van der Waals surface area contributed by atoms with Gasteiger partial charge in [-0.25, -0.2) is 4.98 Å². The zero-order valence-electron chi connectivity index (χ0n) is 16.6. The zero-order chi connectivity index (χ0) is 19.4. The van der Waals surface area contributed by atoms with Crippen LogP contribution in [0.2, 0.25) is 0 Å². The van der Waals surface area contributed by atoms with Gasteiger partial charge in [-0.2, -0.15) is 0 Å². The maximum absolute atomic E-state index is 5.85. The molecule has 0 aliphatic carbocycles. The second-order valence-corrected chi connectivity index (χ2v) is 7.85. The molecule has 1 heterocycles. The first-order chi connectivity index (χ1) is 13.8. The minimum atomic E-state index is 0.808. The molecule has 0 N–H and O–H groups in total. The maximum Gasteiger partial charge on any atom is 0.119 e. The van der Waals surface area contributed by atoms with E-state index in [0.717, 1.165) is 40.6 Å². The lowest BCUT2D eigenvalue weighted by Crippen LogP contribution is -1.97. The van der Waals surface area contributed by atoms with Crippen LogP contribution in [-0.4, -0.2) is 11.6 Å². The molecule has 0 aliphatic heterocycles. The summed E-state index contributed by atoms with van der Waals surface area (Å²) < 4.78 is 5.85. The molecule has 0 fully saturated rings. The molecule has 0 saturated heterocycles. The Balaban J connectivity index is 1.45. The SMILES string of the molecule is CCCCCCCCOc1ccc(C=Cc2nc(-c3ccccc3)cs2)cc1. The van der Waals surface area contributed by atoms with Crippen molar-refractivity contribution in [3.05, 3.63) is 70.5 Å². The predicted molar refractivity (Wildman–Crippen MR) is 122 cm³/mol. The fourth-order valence-electron chi connectivity index (χ4n) is 3.02. The Bertz CT molecular complexity index is 836. The predicted octanol–water partition coefficient (Wildman–Crippen LogP) is 7.72. The second kappa shape index (κ2) is 11.5. The highest BCUT2D eigenvalue weighted by atomic mass is 32.1. The Kier molecular flexibility index (Phi) is 8.32. The van der Waals surface area contributed by atoms with Crippen LogP contribution in [0.3, 0.4) is 0 Å². The van der Waals surface area contributed by atoms with Crippen LogP contribution in [0, 0.1) is 0 Å². The summed E-state index contributed by atoms with van der Waals surface area (Å²) >= 11 is 1.66. The average Bonchev–Trinajstić information content (AvgIpc) is 3.22. The largest absolute Gasteiger partial charge is 0.494 e. The van der Waals surface area contributed by atoms with Crippen LogP contribution >= 0.6 is 11.3 Å². The third kappa shape index (κ3) is 6.65. The first kappa shape index (κ1) is 20.3. The van der Waals surface area contributed by atoms with Crippen molar-refractivity contribution in [2.75, 3.05) is 6.61 Å². The summed E-state index contributed by atoms with van der Waals surface area (Å²) in [5.74, 6) is 0.950. The summed E-state index contributed by atoms with van der Waals surface area (Å²) in [6.07, 6.45) is 11.9. The van der Waals surface area contributed by atoms with E-state index in [9.17, 15) is 0 Å². The van der Waals surface area contributed by atoms with E-state index in [4.69, 9.17) is 9.72 Å². The Morgan fingerprint density at radius 2 is 1.61 bits per heavy atom. The highest BCUT2D eigenvalue weighted by molar-refractivity contribution is 7.10. The minimum Gasteiger partial charge on any atom is -0.494 e. The van der Waals surface area contributed by atoms with Gasteiger partial charge in [0.05, 0.1) is 12.3 Å². The summed E-state index contributed by atoms with van der Waals surface area (Å²) in [6, 6.07) is 18.6. The second-order valence-electron chi connectivity index (χ2n) is 6.96. The van der Waals surface area contributed by atoms with Gasteiger partial charge in [-0.05, 0) is 30.2 Å². The molecule has 2 nitrogen and oxygen atoms in total. The molecule has 0 saturated carbocycles. The molecule has 0 radical (unpaired) electrons. The summed E-state index contributed by atoms with van der Waals surface area (Å²) in [5, 5.41) is 3.12. The number of aromatic nitrogens is 1. The quantitative estimate of drug-likeness (QED) is 0.312. The number of ether oxygens (including phenoxy) is 1. The molecule has 0 amide bonds. The number of hydrogen-bond donors (Lipinski definition) is 0. The monoisotopic (exact) mass is 391 g/mol. The summed E-state index contributed by atoms with van der Waals surface area (Å²) in [7, 11) is 0. The molecule has 146 valence electrons. The first-order valence-electron chi connectivity index (χ1n) is 10.3. The van der Waals surface area contributed by atoms with E-state index < -0.39 is 0 Å². The molecule has 2 aromatic carbocycles. The Morgan fingerprint density at radius 1 is 0.857 bits per heavy atom. The smallest absolute Gasteiger partial charge is 0.119 e. The average molecular weight is 392 g/mol. The standard InChI is InChI=1S/C25H29NOS/c1-2-3-4-5-6-10-19-27-23-16-13-21(14-17-23)15-18-25-26-24(20-28-25)22-11-8-7-9-12-22/h7-9,11-18,20H,2-6,10,19H2,1H3. The minimum absolute atomic E-state index is 0.808. The van der Waals surface area contributed by atoms with Crippen molar-refractivity contribution in [2.45, 2.75) is 45.4 Å². The Hall–Kier alpha value is -2.39. The Morgan fingerprint density at radius 3 is 2.39 bits per heavy atom. The number of benzene rings is 2. The molecule has 0 atom stereocenters. The van der Waals surface area contributed by atoms with Crippen molar-refractivity contribution >= 4 is 23.5 Å². The third-order valence-electron chi connectivity index (χ3n) is 4.66. The first-order valence-corrected chi connectivity index (χ1v) is 11.1. The maximum atomic E-state index is 5.85. The summed E-state index contributed by atoms with van der Waals surface area (Å²) in [6.45, 7) is 3.06. The van der Waals surface area contributed by atoms with Gasteiger partial charge in [-0.15, -0.1) is 11.3 Å². The van der Waals surface area contributed by atoms with E-state index in [1.807, 2.05) is 30.3 Å². The fourth-order valence-corrected chi connectivity index (χ4v) is 3.74. The zero-order valence-corrected chi connectivity index (χ0v) is 17.5. The topological polar surface area (TPSA) is 22.1 Å². The molecular formula is C25H29NOS. The van der Waals surface area contributed by atoms with Crippen LogP contribution in [0.15, 0.2) is 60.0 Å². The molecule has 28 heavy (non-hydrogen) atoms. The van der Waals surface area contributed by atoms with Crippen LogP contribution in [0.4, 0.5) is 0 Å². The molecule has 0 spiro atoms. The molecule has 1 aromatic heterocycles. The van der Waals surface area contributed by atoms with Crippen molar-refractivity contribution in [1.29, 1.82) is 0 Å². The van der Waals surface area contributed by atoms with Gasteiger partial charge in [0.25, 0.3) is 0 Å². The summed E-state index contributed by atoms with van der Waals surface area (Å²) in [4.78, 5) is 4.70. The van der Waals surface area contributed by atoms with Gasteiger partial charge >= 0.3 is 0 Å². The van der Waals surface area contributed by atoms with E-state index in [-0.39, 0.29) is 0 Å². The number of rotatable bonds is 11. The number of unbranched alkanes of at least 4 members (excludes halogenated alkanes) is 5. The van der Waals surface area contributed by atoms with Crippen LogP contribution in [0.1, 0.15) is 56.0 Å². The van der Waals surface area contributed by atoms with Crippen LogP contribution in [0.25, 0.3) is 23.4 Å². The molecule has 0 aliphatic rings. The van der Waals surface area contributed by atoms with Gasteiger partial charge < -0.3 is 4.74 Å².